The van der Waals surface area contributed by atoms with E-state index in [-0.39, 0.29) is 18.1 Å². The summed E-state index contributed by atoms with van der Waals surface area (Å²) in [6.45, 7) is 4.56. The van der Waals surface area contributed by atoms with Gasteiger partial charge in [0.2, 0.25) is 5.91 Å². The van der Waals surface area contributed by atoms with Crippen molar-refractivity contribution in [1.29, 1.82) is 0 Å². The molecule has 0 saturated carbocycles. The van der Waals surface area contributed by atoms with Crippen LogP contribution in [0, 0.1) is 0 Å². The topological polar surface area (TPSA) is 41.6 Å². The molecule has 0 spiro atoms. The Balaban J connectivity index is 1.60. The van der Waals surface area contributed by atoms with Crippen molar-refractivity contribution < 1.29 is 22.7 Å². The van der Waals surface area contributed by atoms with Crippen molar-refractivity contribution in [3.63, 3.8) is 0 Å². The monoisotopic (exact) mass is 392 g/mol. The molecule has 1 fully saturated rings. The Morgan fingerprint density at radius 1 is 1.21 bits per heavy atom. The van der Waals surface area contributed by atoms with Crippen LogP contribution in [-0.2, 0) is 11.0 Å². The van der Waals surface area contributed by atoms with Crippen LogP contribution in [0.5, 0.6) is 5.75 Å². The third-order valence-corrected chi connectivity index (χ3v) is 4.79. The first-order chi connectivity index (χ1) is 13.2. The minimum absolute atomic E-state index is 0.0885. The summed E-state index contributed by atoms with van der Waals surface area (Å²) in [6, 6.07) is 12.8. The van der Waals surface area contributed by atoms with E-state index in [1.807, 2.05) is 36.1 Å². The molecule has 3 rings (SSSR count). The van der Waals surface area contributed by atoms with Crippen LogP contribution >= 0.6 is 0 Å². The second-order valence-corrected chi connectivity index (χ2v) is 7.01. The van der Waals surface area contributed by atoms with Crippen molar-refractivity contribution in [3.05, 3.63) is 59.7 Å². The number of nitrogens with one attached hydrogen (secondary N) is 1. The van der Waals surface area contributed by atoms with Gasteiger partial charge in [-0.3, -0.25) is 4.79 Å². The van der Waals surface area contributed by atoms with E-state index in [0.29, 0.717) is 24.5 Å². The summed E-state index contributed by atoms with van der Waals surface area (Å²) in [5.41, 5.74) is 0.887. The van der Waals surface area contributed by atoms with E-state index in [1.54, 1.807) is 6.07 Å². The summed E-state index contributed by atoms with van der Waals surface area (Å²) >= 11 is 0. The van der Waals surface area contributed by atoms with Crippen molar-refractivity contribution in [3.8, 4) is 5.75 Å². The largest absolute Gasteiger partial charge is 0.489 e. The molecule has 0 aromatic heterocycles. The van der Waals surface area contributed by atoms with Gasteiger partial charge in [0.15, 0.2) is 0 Å². The molecule has 1 N–H and O–H groups in total. The number of nitrogens with zero attached hydrogens (tertiary/aromatic N) is 1. The molecule has 2 aromatic carbocycles. The summed E-state index contributed by atoms with van der Waals surface area (Å²) in [6.07, 6.45) is -3.70. The molecule has 4 nitrogen and oxygen atoms in total. The zero-order chi connectivity index (χ0) is 20.3. The van der Waals surface area contributed by atoms with Gasteiger partial charge in [-0.1, -0.05) is 18.2 Å². The molecule has 2 atom stereocenters. The van der Waals surface area contributed by atoms with Crippen molar-refractivity contribution in [2.75, 3.05) is 18.0 Å². The number of hydrogen-bond acceptors (Lipinski definition) is 3. The molecular formula is C21H23F3N2O2. The summed E-state index contributed by atoms with van der Waals surface area (Å²) < 4.78 is 44.7. The Labute approximate surface area is 162 Å². The number of alkyl halides is 3. The summed E-state index contributed by atoms with van der Waals surface area (Å²) in [5, 5.41) is 2.82. The Bertz CT molecular complexity index is 821. The number of ether oxygens (including phenoxy) is 1. The molecule has 7 heteroatoms. The predicted molar refractivity (Wildman–Crippen MR) is 101 cm³/mol. The van der Waals surface area contributed by atoms with Crippen LogP contribution in [0.3, 0.4) is 0 Å². The number of hydrogen-bond donors (Lipinski definition) is 1. The molecule has 0 bridgehead atoms. The maximum atomic E-state index is 12.9. The molecule has 2 aromatic rings. The molecule has 0 unspecified atom stereocenters. The van der Waals surface area contributed by atoms with Crippen LogP contribution < -0.4 is 15.0 Å². The van der Waals surface area contributed by atoms with E-state index < -0.39 is 11.7 Å². The molecule has 0 radical (unpaired) electrons. The molecule has 1 aliphatic heterocycles. The first kappa shape index (κ1) is 20.0. The Morgan fingerprint density at radius 2 is 1.93 bits per heavy atom. The third-order valence-electron chi connectivity index (χ3n) is 4.79. The minimum Gasteiger partial charge on any atom is -0.489 e. The highest BCUT2D eigenvalue weighted by atomic mass is 19.4. The molecule has 0 aliphatic carbocycles. The van der Waals surface area contributed by atoms with Gasteiger partial charge in [-0.15, -0.1) is 0 Å². The molecule has 1 heterocycles. The fraction of sp³-hybridized carbons (Fsp3) is 0.381. The number of amides is 1. The van der Waals surface area contributed by atoms with Crippen LogP contribution in [0.4, 0.5) is 18.9 Å². The fourth-order valence-electron chi connectivity index (χ4n) is 3.35. The number of carbonyl (C=O) groups is 1. The maximum Gasteiger partial charge on any atom is 0.416 e. The lowest BCUT2D eigenvalue weighted by Gasteiger charge is -2.20. The summed E-state index contributed by atoms with van der Waals surface area (Å²) in [4.78, 5) is 13.1. The van der Waals surface area contributed by atoms with Gasteiger partial charge >= 0.3 is 6.18 Å². The van der Waals surface area contributed by atoms with E-state index in [1.165, 1.54) is 19.1 Å². The van der Waals surface area contributed by atoms with E-state index in [0.717, 1.165) is 18.1 Å². The normalized spacial score (nSPS) is 18.0. The van der Waals surface area contributed by atoms with Gasteiger partial charge in [0.1, 0.15) is 11.9 Å². The van der Waals surface area contributed by atoms with Crippen LogP contribution in [0.25, 0.3) is 0 Å². The van der Waals surface area contributed by atoms with Gasteiger partial charge in [0, 0.05) is 25.6 Å². The van der Waals surface area contributed by atoms with E-state index in [9.17, 15) is 18.0 Å². The van der Waals surface area contributed by atoms with Crippen molar-refractivity contribution in [2.45, 2.75) is 38.6 Å². The van der Waals surface area contributed by atoms with E-state index >= 15 is 0 Å². The first-order valence-corrected chi connectivity index (χ1v) is 9.18. The van der Waals surface area contributed by atoms with Gasteiger partial charge < -0.3 is 15.0 Å². The smallest absolute Gasteiger partial charge is 0.416 e. The van der Waals surface area contributed by atoms with Crippen molar-refractivity contribution in [1.82, 2.24) is 5.32 Å². The number of anilines is 1. The van der Waals surface area contributed by atoms with E-state index in [2.05, 4.69) is 5.32 Å². The van der Waals surface area contributed by atoms with Gasteiger partial charge in [0.25, 0.3) is 0 Å². The highest BCUT2D eigenvalue weighted by Gasteiger charge is 2.32. The first-order valence-electron chi connectivity index (χ1n) is 9.18. The van der Waals surface area contributed by atoms with Gasteiger partial charge in [-0.05, 0) is 42.8 Å². The lowest BCUT2D eigenvalue weighted by molar-refractivity contribution is -0.137. The number of rotatable bonds is 5. The number of benzene rings is 2. The molecule has 150 valence electrons. The quantitative estimate of drug-likeness (QED) is 0.811. The van der Waals surface area contributed by atoms with Crippen molar-refractivity contribution >= 4 is 11.6 Å². The highest BCUT2D eigenvalue weighted by molar-refractivity contribution is 5.73. The molecule has 28 heavy (non-hydrogen) atoms. The van der Waals surface area contributed by atoms with Crippen LogP contribution in [-0.4, -0.2) is 25.1 Å². The van der Waals surface area contributed by atoms with Crippen LogP contribution in [0.1, 0.15) is 37.4 Å². The second kappa shape index (κ2) is 8.12. The van der Waals surface area contributed by atoms with Gasteiger partial charge in [-0.25, -0.2) is 0 Å². The molecule has 1 amide bonds. The lowest BCUT2D eigenvalue weighted by Crippen LogP contribution is -2.25. The fourth-order valence-corrected chi connectivity index (χ4v) is 3.35. The minimum atomic E-state index is -4.35. The summed E-state index contributed by atoms with van der Waals surface area (Å²) in [5.74, 6) is 0.614. The maximum absolute atomic E-state index is 12.9. The average molecular weight is 392 g/mol. The van der Waals surface area contributed by atoms with Crippen molar-refractivity contribution in [2.24, 2.45) is 0 Å². The lowest BCUT2D eigenvalue weighted by atomic mass is 10.1. The van der Waals surface area contributed by atoms with Gasteiger partial charge in [-0.2, -0.15) is 13.2 Å². The summed E-state index contributed by atoms with van der Waals surface area (Å²) in [7, 11) is 0. The Kier molecular flexibility index (Phi) is 5.82. The van der Waals surface area contributed by atoms with Gasteiger partial charge in [0.05, 0.1) is 18.2 Å². The third kappa shape index (κ3) is 4.97. The molecular weight excluding hydrogens is 369 g/mol. The SMILES string of the molecule is CC(=O)N[C@@H](C)c1ccc(O[C@@H]2CCN(c3cccc(C(F)(F)F)c3)C2)cc1. The molecule has 1 saturated heterocycles. The predicted octanol–water partition coefficient (Wildman–Crippen LogP) is 4.56. The average Bonchev–Trinajstić information content (AvgIpc) is 3.10. The van der Waals surface area contributed by atoms with E-state index in [4.69, 9.17) is 4.74 Å². The Hall–Kier alpha value is -2.70. The molecule has 1 aliphatic rings. The standard InChI is InChI=1S/C21H23F3N2O2/c1-14(25-15(2)27)16-6-8-19(9-7-16)28-20-10-11-26(13-20)18-5-3-4-17(12-18)21(22,23)24/h3-9,12,14,20H,10-11,13H2,1-2H3,(H,25,27)/t14-,20+/m0/s1. The number of carbonyl (C=O) groups excluding carboxylic acids is 1. The Morgan fingerprint density at radius 3 is 2.57 bits per heavy atom. The van der Waals surface area contributed by atoms with Crippen LogP contribution in [0.2, 0.25) is 0 Å². The highest BCUT2D eigenvalue weighted by Crippen LogP contribution is 2.33. The zero-order valence-corrected chi connectivity index (χ0v) is 15.8. The second-order valence-electron chi connectivity index (χ2n) is 7.01. The number of halogens is 3. The zero-order valence-electron chi connectivity index (χ0n) is 15.8. The van der Waals surface area contributed by atoms with Crippen LogP contribution in [0.15, 0.2) is 48.5 Å².